The Morgan fingerprint density at radius 2 is 2.10 bits per heavy atom. The van der Waals surface area contributed by atoms with Gasteiger partial charge < -0.3 is 4.74 Å². The molecule has 0 amide bonds. The smallest absolute Gasteiger partial charge is 0.326 e. The summed E-state index contributed by atoms with van der Waals surface area (Å²) >= 11 is 2.05. The van der Waals surface area contributed by atoms with Gasteiger partial charge in [-0.2, -0.15) is 11.8 Å². The van der Waals surface area contributed by atoms with Crippen LogP contribution in [0.1, 0.15) is 66.7 Å². The van der Waals surface area contributed by atoms with Crippen LogP contribution < -0.4 is 5.32 Å². The molecule has 0 aromatic carbocycles. The van der Waals surface area contributed by atoms with Crippen LogP contribution in [0.5, 0.6) is 0 Å². The second-order valence-electron chi connectivity index (χ2n) is 6.67. The zero-order chi connectivity index (χ0) is 15.9. The van der Waals surface area contributed by atoms with E-state index in [2.05, 4.69) is 33.0 Å². The van der Waals surface area contributed by atoms with Crippen LogP contribution >= 0.6 is 11.8 Å². The lowest BCUT2D eigenvalue weighted by molar-refractivity contribution is -0.153. The highest BCUT2D eigenvalue weighted by atomic mass is 32.2. The summed E-state index contributed by atoms with van der Waals surface area (Å²) in [6.07, 6.45) is 5.38. The maximum atomic E-state index is 12.5. The van der Waals surface area contributed by atoms with Gasteiger partial charge in [-0.15, -0.1) is 0 Å². The summed E-state index contributed by atoms with van der Waals surface area (Å²) in [6.45, 7) is 11.1. The van der Waals surface area contributed by atoms with Crippen molar-refractivity contribution in [3.8, 4) is 0 Å². The molecule has 0 aliphatic heterocycles. The molecule has 3 atom stereocenters. The van der Waals surface area contributed by atoms with Gasteiger partial charge in [0.1, 0.15) is 5.54 Å². The van der Waals surface area contributed by atoms with Crippen LogP contribution in [0.2, 0.25) is 0 Å². The second-order valence-corrected chi connectivity index (χ2v) is 8.00. The predicted molar refractivity (Wildman–Crippen MR) is 91.8 cm³/mol. The minimum atomic E-state index is -0.463. The van der Waals surface area contributed by atoms with Gasteiger partial charge in [-0.05, 0) is 58.1 Å². The fourth-order valence-electron chi connectivity index (χ4n) is 2.98. The van der Waals surface area contributed by atoms with Crippen LogP contribution in [0, 0.1) is 5.92 Å². The SMILES string of the molecule is CCOC(=O)C1(NC(C)C)CCCC(SCC(C)CC)C1. The van der Waals surface area contributed by atoms with Gasteiger partial charge in [0.2, 0.25) is 0 Å². The molecule has 1 aliphatic rings. The highest BCUT2D eigenvalue weighted by Crippen LogP contribution is 2.37. The Morgan fingerprint density at radius 3 is 2.67 bits per heavy atom. The minimum Gasteiger partial charge on any atom is -0.465 e. The molecule has 0 aromatic heterocycles. The Bertz CT molecular complexity index is 322. The molecular formula is C17H33NO2S. The van der Waals surface area contributed by atoms with Crippen molar-refractivity contribution in [1.29, 1.82) is 0 Å². The Hall–Kier alpha value is -0.220. The lowest BCUT2D eigenvalue weighted by atomic mass is 9.80. The number of ether oxygens (including phenoxy) is 1. The van der Waals surface area contributed by atoms with Gasteiger partial charge in [0.25, 0.3) is 0 Å². The normalized spacial score (nSPS) is 27.6. The molecule has 0 spiro atoms. The van der Waals surface area contributed by atoms with E-state index in [0.29, 0.717) is 17.9 Å². The molecule has 1 fully saturated rings. The van der Waals surface area contributed by atoms with Gasteiger partial charge >= 0.3 is 5.97 Å². The third-order valence-corrected chi connectivity index (χ3v) is 5.89. The Labute approximate surface area is 135 Å². The molecule has 21 heavy (non-hydrogen) atoms. The molecule has 3 nitrogen and oxygen atoms in total. The second kappa shape index (κ2) is 9.04. The predicted octanol–water partition coefficient (Wildman–Crippen LogP) is 4.01. The van der Waals surface area contributed by atoms with E-state index in [1.165, 1.54) is 18.6 Å². The number of carbonyl (C=O) groups is 1. The summed E-state index contributed by atoms with van der Waals surface area (Å²) in [5.41, 5.74) is -0.463. The van der Waals surface area contributed by atoms with E-state index in [9.17, 15) is 4.79 Å². The van der Waals surface area contributed by atoms with E-state index in [4.69, 9.17) is 4.74 Å². The molecular weight excluding hydrogens is 282 g/mol. The summed E-state index contributed by atoms with van der Waals surface area (Å²) < 4.78 is 5.37. The van der Waals surface area contributed by atoms with Crippen molar-refractivity contribution in [2.75, 3.05) is 12.4 Å². The number of nitrogens with one attached hydrogen (secondary N) is 1. The molecule has 1 aliphatic carbocycles. The zero-order valence-electron chi connectivity index (χ0n) is 14.4. The summed E-state index contributed by atoms with van der Waals surface area (Å²) in [7, 11) is 0. The fraction of sp³-hybridized carbons (Fsp3) is 0.941. The van der Waals surface area contributed by atoms with Crippen molar-refractivity contribution >= 4 is 17.7 Å². The molecule has 1 rings (SSSR count). The summed E-state index contributed by atoms with van der Waals surface area (Å²) in [6, 6.07) is 0.299. The van der Waals surface area contributed by atoms with Gasteiger partial charge in [-0.1, -0.05) is 20.3 Å². The standard InChI is InChI=1S/C17H33NO2S/c1-6-14(5)12-21-15-9-8-10-17(11-15,18-13(3)4)16(19)20-7-2/h13-15,18H,6-12H2,1-5H3. The van der Waals surface area contributed by atoms with Gasteiger partial charge in [-0.25, -0.2) is 0 Å². The molecule has 0 bridgehead atoms. The molecule has 1 saturated carbocycles. The van der Waals surface area contributed by atoms with E-state index < -0.39 is 5.54 Å². The van der Waals surface area contributed by atoms with Gasteiger partial charge in [-0.3, -0.25) is 10.1 Å². The molecule has 3 unspecified atom stereocenters. The van der Waals surface area contributed by atoms with Gasteiger partial charge in [0.15, 0.2) is 0 Å². The monoisotopic (exact) mass is 315 g/mol. The number of esters is 1. The van der Waals surface area contributed by atoms with E-state index in [0.717, 1.165) is 25.2 Å². The molecule has 0 aromatic rings. The highest BCUT2D eigenvalue weighted by molar-refractivity contribution is 7.99. The van der Waals surface area contributed by atoms with Crippen molar-refractivity contribution in [2.45, 2.75) is 83.6 Å². The van der Waals surface area contributed by atoms with Crippen molar-refractivity contribution in [1.82, 2.24) is 5.32 Å². The summed E-state index contributed by atoms with van der Waals surface area (Å²) in [5.74, 6) is 1.90. The Balaban J connectivity index is 2.70. The van der Waals surface area contributed by atoms with Crippen LogP contribution in [0.3, 0.4) is 0 Å². The number of hydrogen-bond donors (Lipinski definition) is 1. The zero-order valence-corrected chi connectivity index (χ0v) is 15.2. The average Bonchev–Trinajstić information content (AvgIpc) is 2.44. The first-order valence-electron chi connectivity index (χ1n) is 8.50. The van der Waals surface area contributed by atoms with Crippen molar-refractivity contribution in [3.63, 3.8) is 0 Å². The Morgan fingerprint density at radius 1 is 1.38 bits per heavy atom. The van der Waals surface area contributed by atoms with E-state index in [-0.39, 0.29) is 5.97 Å². The first kappa shape index (κ1) is 18.8. The van der Waals surface area contributed by atoms with E-state index in [1.807, 2.05) is 18.7 Å². The van der Waals surface area contributed by atoms with Crippen LogP contribution in [0.4, 0.5) is 0 Å². The largest absolute Gasteiger partial charge is 0.465 e. The lowest BCUT2D eigenvalue weighted by Gasteiger charge is -2.40. The van der Waals surface area contributed by atoms with Crippen LogP contribution in [0.25, 0.3) is 0 Å². The fourth-order valence-corrected chi connectivity index (χ4v) is 4.55. The first-order chi connectivity index (χ1) is 9.93. The maximum absolute atomic E-state index is 12.5. The molecule has 4 heteroatoms. The van der Waals surface area contributed by atoms with Crippen LogP contribution in [-0.2, 0) is 9.53 Å². The maximum Gasteiger partial charge on any atom is 0.326 e. The summed E-state index contributed by atoms with van der Waals surface area (Å²) in [4.78, 5) is 12.5. The topological polar surface area (TPSA) is 38.3 Å². The number of hydrogen-bond acceptors (Lipinski definition) is 4. The van der Waals surface area contributed by atoms with Crippen molar-refractivity contribution in [2.24, 2.45) is 5.92 Å². The molecule has 124 valence electrons. The molecule has 0 heterocycles. The molecule has 0 radical (unpaired) electrons. The lowest BCUT2D eigenvalue weighted by Crippen LogP contribution is -2.58. The van der Waals surface area contributed by atoms with E-state index in [1.54, 1.807) is 0 Å². The summed E-state index contributed by atoms with van der Waals surface area (Å²) in [5, 5.41) is 4.10. The third-order valence-electron chi connectivity index (χ3n) is 4.25. The molecule has 1 N–H and O–H groups in total. The highest BCUT2D eigenvalue weighted by Gasteiger charge is 2.44. The number of thioether (sulfide) groups is 1. The van der Waals surface area contributed by atoms with Gasteiger partial charge in [0, 0.05) is 11.3 Å². The number of rotatable bonds is 8. The number of carbonyl (C=O) groups excluding carboxylic acids is 1. The van der Waals surface area contributed by atoms with E-state index >= 15 is 0 Å². The van der Waals surface area contributed by atoms with Crippen molar-refractivity contribution < 1.29 is 9.53 Å². The van der Waals surface area contributed by atoms with Crippen molar-refractivity contribution in [3.05, 3.63) is 0 Å². The third kappa shape index (κ3) is 5.82. The quantitative estimate of drug-likeness (QED) is 0.687. The van der Waals surface area contributed by atoms with Crippen LogP contribution in [-0.4, -0.2) is 35.2 Å². The van der Waals surface area contributed by atoms with Gasteiger partial charge in [0.05, 0.1) is 6.61 Å². The Kier molecular flexibility index (Phi) is 8.10. The first-order valence-corrected chi connectivity index (χ1v) is 9.55. The van der Waals surface area contributed by atoms with Crippen LogP contribution in [0.15, 0.2) is 0 Å². The minimum absolute atomic E-state index is 0.0486. The average molecular weight is 316 g/mol. The molecule has 0 saturated heterocycles.